The van der Waals surface area contributed by atoms with Gasteiger partial charge >= 0.3 is 0 Å². The molecule has 0 saturated carbocycles. The van der Waals surface area contributed by atoms with Gasteiger partial charge in [0.15, 0.2) is 0 Å². The van der Waals surface area contributed by atoms with Gasteiger partial charge in [0.2, 0.25) is 5.91 Å². The molecule has 0 radical (unpaired) electrons. The van der Waals surface area contributed by atoms with E-state index in [9.17, 15) is 14.4 Å². The van der Waals surface area contributed by atoms with Gasteiger partial charge in [0.05, 0.1) is 4.91 Å². The van der Waals surface area contributed by atoms with E-state index in [2.05, 4.69) is 5.32 Å². The Morgan fingerprint density at radius 1 is 0.971 bits per heavy atom. The third-order valence-electron chi connectivity index (χ3n) is 5.18. The SMILES string of the molecule is Cc1ccc(COc2ccc(/C=C3\SC(=O)N(CC(=O)Nc4cccc(C)c4)C3=O)cc2)cc1. The summed E-state index contributed by atoms with van der Waals surface area (Å²) in [6, 6.07) is 22.7. The van der Waals surface area contributed by atoms with Crippen LogP contribution < -0.4 is 10.1 Å². The molecule has 1 N–H and O–H groups in total. The summed E-state index contributed by atoms with van der Waals surface area (Å²) in [6.45, 7) is 4.09. The first kappa shape index (κ1) is 23.3. The summed E-state index contributed by atoms with van der Waals surface area (Å²) in [4.78, 5) is 38.7. The zero-order chi connectivity index (χ0) is 24.1. The van der Waals surface area contributed by atoms with E-state index in [4.69, 9.17) is 4.74 Å². The molecule has 3 aromatic carbocycles. The van der Waals surface area contributed by atoms with Gasteiger partial charge in [-0.2, -0.15) is 0 Å². The molecule has 0 unspecified atom stereocenters. The number of aryl methyl sites for hydroxylation is 2. The number of ether oxygens (including phenoxy) is 1. The monoisotopic (exact) mass is 472 g/mol. The highest BCUT2D eigenvalue weighted by atomic mass is 32.2. The number of amides is 3. The Balaban J connectivity index is 1.35. The van der Waals surface area contributed by atoms with E-state index in [0.717, 1.165) is 33.4 Å². The number of benzene rings is 3. The molecular weight excluding hydrogens is 448 g/mol. The molecule has 1 aliphatic rings. The minimum Gasteiger partial charge on any atom is -0.489 e. The van der Waals surface area contributed by atoms with Crippen LogP contribution in [0.3, 0.4) is 0 Å². The predicted molar refractivity (Wildman–Crippen MR) is 134 cm³/mol. The Morgan fingerprint density at radius 2 is 1.71 bits per heavy atom. The normalized spacial score (nSPS) is 14.5. The third kappa shape index (κ3) is 5.94. The molecule has 0 spiro atoms. The fraction of sp³-hybridized carbons (Fsp3) is 0.148. The van der Waals surface area contributed by atoms with Crippen molar-refractivity contribution in [3.63, 3.8) is 0 Å². The number of nitrogens with one attached hydrogen (secondary N) is 1. The lowest BCUT2D eigenvalue weighted by molar-refractivity contribution is -0.127. The second-order valence-electron chi connectivity index (χ2n) is 8.03. The van der Waals surface area contributed by atoms with Crippen molar-refractivity contribution in [2.75, 3.05) is 11.9 Å². The molecule has 0 aliphatic carbocycles. The molecule has 4 rings (SSSR count). The lowest BCUT2D eigenvalue weighted by Crippen LogP contribution is -2.36. The van der Waals surface area contributed by atoms with Gasteiger partial charge in [-0.1, -0.05) is 54.1 Å². The quantitative estimate of drug-likeness (QED) is 0.456. The van der Waals surface area contributed by atoms with Crippen molar-refractivity contribution in [2.45, 2.75) is 20.5 Å². The van der Waals surface area contributed by atoms with Crippen LogP contribution in [-0.2, 0) is 16.2 Å². The Kier molecular flexibility index (Phi) is 7.13. The second-order valence-corrected chi connectivity index (χ2v) is 9.02. The van der Waals surface area contributed by atoms with Gasteiger partial charge < -0.3 is 10.1 Å². The molecule has 1 saturated heterocycles. The van der Waals surface area contributed by atoms with Crippen LogP contribution in [0.5, 0.6) is 5.75 Å². The molecule has 3 amide bonds. The number of rotatable bonds is 7. The predicted octanol–water partition coefficient (Wildman–Crippen LogP) is 5.56. The van der Waals surface area contributed by atoms with Gasteiger partial charge in [-0.25, -0.2) is 0 Å². The highest BCUT2D eigenvalue weighted by Crippen LogP contribution is 2.32. The first-order chi connectivity index (χ1) is 16.4. The average Bonchev–Trinajstić information content (AvgIpc) is 3.07. The van der Waals surface area contributed by atoms with Gasteiger partial charge in [-0.15, -0.1) is 0 Å². The van der Waals surface area contributed by atoms with E-state index >= 15 is 0 Å². The maximum Gasteiger partial charge on any atom is 0.294 e. The van der Waals surface area contributed by atoms with Crippen LogP contribution in [0.2, 0.25) is 0 Å². The second kappa shape index (κ2) is 10.4. The third-order valence-corrected chi connectivity index (χ3v) is 6.09. The van der Waals surface area contributed by atoms with Gasteiger partial charge in [0.1, 0.15) is 18.9 Å². The highest BCUT2D eigenvalue weighted by Gasteiger charge is 2.36. The van der Waals surface area contributed by atoms with Crippen molar-refractivity contribution in [3.8, 4) is 5.75 Å². The van der Waals surface area contributed by atoms with Crippen molar-refractivity contribution >= 4 is 40.6 Å². The average molecular weight is 473 g/mol. The smallest absolute Gasteiger partial charge is 0.294 e. The number of carbonyl (C=O) groups is 3. The summed E-state index contributed by atoms with van der Waals surface area (Å²) >= 11 is 0.828. The van der Waals surface area contributed by atoms with E-state index in [1.54, 1.807) is 12.1 Å². The molecule has 6 nitrogen and oxygen atoms in total. The molecule has 172 valence electrons. The Labute approximate surface area is 202 Å². The fourth-order valence-corrected chi connectivity index (χ4v) is 4.20. The lowest BCUT2D eigenvalue weighted by atomic mass is 10.1. The van der Waals surface area contributed by atoms with E-state index in [1.165, 1.54) is 5.56 Å². The highest BCUT2D eigenvalue weighted by molar-refractivity contribution is 8.18. The van der Waals surface area contributed by atoms with E-state index in [1.807, 2.05) is 80.6 Å². The summed E-state index contributed by atoms with van der Waals surface area (Å²) in [6.07, 6.45) is 1.65. The molecule has 1 aliphatic heterocycles. The van der Waals surface area contributed by atoms with E-state index in [0.29, 0.717) is 18.0 Å². The first-order valence-corrected chi connectivity index (χ1v) is 11.6. The van der Waals surface area contributed by atoms with Crippen molar-refractivity contribution in [2.24, 2.45) is 0 Å². The van der Waals surface area contributed by atoms with E-state index in [-0.39, 0.29) is 11.4 Å². The number of hydrogen-bond acceptors (Lipinski definition) is 5. The topological polar surface area (TPSA) is 75.7 Å². The number of carbonyl (C=O) groups excluding carboxylic acids is 3. The Bertz CT molecular complexity index is 1250. The molecular formula is C27H24N2O4S. The summed E-state index contributed by atoms with van der Waals surface area (Å²) in [5, 5.41) is 2.26. The zero-order valence-electron chi connectivity index (χ0n) is 18.9. The summed E-state index contributed by atoms with van der Waals surface area (Å²) in [5.74, 6) is -0.197. The fourth-order valence-electron chi connectivity index (χ4n) is 3.37. The van der Waals surface area contributed by atoms with Crippen molar-refractivity contribution in [1.82, 2.24) is 4.90 Å². The van der Waals surface area contributed by atoms with Crippen LogP contribution in [0.1, 0.15) is 22.3 Å². The number of nitrogens with zero attached hydrogens (tertiary/aromatic N) is 1. The number of imide groups is 1. The van der Waals surface area contributed by atoms with E-state index < -0.39 is 17.1 Å². The number of anilines is 1. The largest absolute Gasteiger partial charge is 0.489 e. The Hall–Kier alpha value is -3.84. The Morgan fingerprint density at radius 3 is 2.41 bits per heavy atom. The van der Waals surface area contributed by atoms with Crippen LogP contribution in [0, 0.1) is 13.8 Å². The molecule has 7 heteroatoms. The van der Waals surface area contributed by atoms with Crippen molar-refractivity contribution in [1.29, 1.82) is 0 Å². The van der Waals surface area contributed by atoms with Gasteiger partial charge in [0, 0.05) is 5.69 Å². The minimum absolute atomic E-state index is 0.279. The minimum atomic E-state index is -0.478. The first-order valence-electron chi connectivity index (χ1n) is 10.8. The molecule has 3 aromatic rings. The maximum atomic E-state index is 12.7. The zero-order valence-corrected chi connectivity index (χ0v) is 19.7. The van der Waals surface area contributed by atoms with Crippen LogP contribution in [-0.4, -0.2) is 28.5 Å². The molecule has 1 fully saturated rings. The molecule has 34 heavy (non-hydrogen) atoms. The molecule has 0 atom stereocenters. The lowest BCUT2D eigenvalue weighted by Gasteiger charge is -2.12. The van der Waals surface area contributed by atoms with Crippen LogP contribution in [0.15, 0.2) is 77.7 Å². The summed E-state index contributed by atoms with van der Waals surface area (Å²) in [7, 11) is 0. The van der Waals surface area contributed by atoms with Crippen molar-refractivity contribution in [3.05, 3.63) is 100.0 Å². The van der Waals surface area contributed by atoms with Crippen LogP contribution in [0.25, 0.3) is 6.08 Å². The number of hydrogen-bond donors (Lipinski definition) is 1. The molecule has 0 bridgehead atoms. The van der Waals surface area contributed by atoms with Crippen LogP contribution >= 0.6 is 11.8 Å². The summed E-state index contributed by atoms with van der Waals surface area (Å²) in [5.41, 5.74) is 4.66. The van der Waals surface area contributed by atoms with Gasteiger partial charge in [-0.3, -0.25) is 19.3 Å². The summed E-state index contributed by atoms with van der Waals surface area (Å²) < 4.78 is 5.81. The number of thioether (sulfide) groups is 1. The molecule has 0 aromatic heterocycles. The van der Waals surface area contributed by atoms with Crippen LogP contribution in [0.4, 0.5) is 10.5 Å². The molecule has 1 heterocycles. The van der Waals surface area contributed by atoms with Gasteiger partial charge in [-0.05, 0) is 72.6 Å². The maximum absolute atomic E-state index is 12.7. The van der Waals surface area contributed by atoms with Crippen molar-refractivity contribution < 1.29 is 19.1 Å². The van der Waals surface area contributed by atoms with Gasteiger partial charge in [0.25, 0.3) is 11.1 Å². The standard InChI is InChI=1S/C27H24N2O4S/c1-18-6-8-21(9-7-18)17-33-23-12-10-20(11-13-23)15-24-26(31)29(27(32)34-24)16-25(30)28-22-5-3-4-19(2)14-22/h3-15H,16-17H2,1-2H3,(H,28,30)/b24-15-.